The van der Waals surface area contributed by atoms with Crippen LogP contribution in [0.4, 0.5) is 0 Å². The van der Waals surface area contributed by atoms with Gasteiger partial charge in [0.25, 0.3) is 0 Å². The average molecular weight is 242 g/mol. The molecule has 0 spiro atoms. The highest BCUT2D eigenvalue weighted by molar-refractivity contribution is 5.76. The first-order chi connectivity index (χ1) is 8.90. The number of rotatable bonds is 3. The number of likely N-dealkylation sites (tertiary alicyclic amines) is 1. The van der Waals surface area contributed by atoms with Crippen LogP contribution in [0.25, 0.3) is 17.1 Å². The van der Waals surface area contributed by atoms with Crippen LogP contribution in [0, 0.1) is 0 Å². The minimum atomic E-state index is 0.829. The standard InChI is InChI=1S/C13H14N4O/c18-6-3-13(16-4-1-2-5-16)17-10-15-8-11-7-14-9-12(11)17/h3,6-10H,1-2,4-5H2. The molecule has 0 radical (unpaired) electrons. The topological polar surface area (TPSA) is 51.0 Å². The number of aldehydes is 1. The molecular formula is C13H14N4O. The van der Waals surface area contributed by atoms with Crippen LogP contribution in [0.5, 0.6) is 0 Å². The summed E-state index contributed by atoms with van der Waals surface area (Å²) in [5.41, 5.74) is 1.96. The maximum Gasteiger partial charge on any atom is 0.146 e. The van der Waals surface area contributed by atoms with E-state index >= 15 is 0 Å². The molecule has 3 aliphatic heterocycles. The minimum absolute atomic E-state index is 0.829. The molecule has 5 heteroatoms. The van der Waals surface area contributed by atoms with Crippen LogP contribution < -0.4 is 0 Å². The first kappa shape index (κ1) is 11.0. The van der Waals surface area contributed by atoms with Crippen LogP contribution in [-0.4, -0.2) is 38.8 Å². The average Bonchev–Trinajstić information content (AvgIpc) is 3.06. The molecule has 0 amide bonds. The van der Waals surface area contributed by atoms with Crippen molar-refractivity contribution < 1.29 is 4.79 Å². The fourth-order valence-electron chi connectivity index (χ4n) is 2.40. The molecule has 3 rings (SSSR count). The van der Waals surface area contributed by atoms with Crippen molar-refractivity contribution in [3.8, 4) is 11.3 Å². The molecule has 0 unspecified atom stereocenters. The van der Waals surface area contributed by atoms with E-state index in [4.69, 9.17) is 0 Å². The minimum Gasteiger partial charge on any atom is -0.358 e. The number of hydrogen-bond acceptors (Lipinski definition) is 4. The fraction of sp³-hybridized carbons (Fsp3) is 0.308. The molecule has 18 heavy (non-hydrogen) atoms. The van der Waals surface area contributed by atoms with E-state index in [9.17, 15) is 4.79 Å². The van der Waals surface area contributed by atoms with Crippen molar-refractivity contribution in [1.82, 2.24) is 19.4 Å². The highest BCUT2D eigenvalue weighted by Crippen LogP contribution is 2.26. The Hall–Kier alpha value is -2.17. The fourth-order valence-corrected chi connectivity index (χ4v) is 2.40. The zero-order chi connectivity index (χ0) is 12.4. The molecule has 0 atom stereocenters. The number of carbonyl (C=O) groups is 1. The largest absolute Gasteiger partial charge is 0.358 e. The van der Waals surface area contributed by atoms with E-state index in [1.54, 1.807) is 31.0 Å². The lowest BCUT2D eigenvalue weighted by Gasteiger charge is -2.24. The van der Waals surface area contributed by atoms with Gasteiger partial charge in [0.05, 0.1) is 11.9 Å². The van der Waals surface area contributed by atoms with Crippen LogP contribution in [-0.2, 0) is 4.79 Å². The quantitative estimate of drug-likeness (QED) is 0.604. The maximum atomic E-state index is 10.9. The van der Waals surface area contributed by atoms with Crippen molar-refractivity contribution in [3.63, 3.8) is 0 Å². The lowest BCUT2D eigenvalue weighted by molar-refractivity contribution is -0.104. The van der Waals surface area contributed by atoms with Crippen molar-refractivity contribution in [2.75, 3.05) is 13.1 Å². The van der Waals surface area contributed by atoms with Gasteiger partial charge < -0.3 is 4.90 Å². The lowest BCUT2D eigenvalue weighted by atomic mass is 10.3. The number of allylic oxidation sites excluding steroid dienone is 1. The van der Waals surface area contributed by atoms with Gasteiger partial charge in [-0.2, -0.15) is 0 Å². The Kier molecular flexibility index (Phi) is 2.80. The second-order valence-electron chi connectivity index (χ2n) is 4.37. The van der Waals surface area contributed by atoms with Gasteiger partial charge in [-0.15, -0.1) is 0 Å². The summed E-state index contributed by atoms with van der Waals surface area (Å²) in [5, 5.41) is 0. The summed E-state index contributed by atoms with van der Waals surface area (Å²) in [6.07, 6.45) is 11.8. The van der Waals surface area contributed by atoms with E-state index in [1.165, 1.54) is 12.8 Å². The van der Waals surface area contributed by atoms with E-state index in [0.29, 0.717) is 0 Å². The van der Waals surface area contributed by atoms with E-state index in [1.807, 2.05) is 4.57 Å². The highest BCUT2D eigenvalue weighted by Gasteiger charge is 2.19. The summed E-state index contributed by atoms with van der Waals surface area (Å²) >= 11 is 0. The molecule has 3 heterocycles. The van der Waals surface area contributed by atoms with Gasteiger partial charge in [-0.3, -0.25) is 14.3 Å². The molecule has 1 saturated heterocycles. The summed E-state index contributed by atoms with van der Waals surface area (Å²) in [5.74, 6) is 0.883. The van der Waals surface area contributed by atoms with E-state index < -0.39 is 0 Å². The van der Waals surface area contributed by atoms with Crippen LogP contribution in [0.2, 0.25) is 0 Å². The first-order valence-corrected chi connectivity index (χ1v) is 6.07. The van der Waals surface area contributed by atoms with E-state index in [2.05, 4.69) is 14.9 Å². The van der Waals surface area contributed by atoms with Crippen LogP contribution >= 0.6 is 0 Å². The second kappa shape index (κ2) is 4.60. The monoisotopic (exact) mass is 242 g/mol. The summed E-state index contributed by atoms with van der Waals surface area (Å²) in [6.45, 7) is 1.97. The van der Waals surface area contributed by atoms with Gasteiger partial charge in [0.1, 0.15) is 18.4 Å². The van der Waals surface area contributed by atoms with Gasteiger partial charge >= 0.3 is 0 Å². The third kappa shape index (κ3) is 1.77. The molecule has 0 N–H and O–H groups in total. The maximum absolute atomic E-state index is 10.9. The molecule has 0 aromatic heterocycles. The molecular weight excluding hydrogens is 228 g/mol. The Morgan fingerprint density at radius 2 is 1.94 bits per heavy atom. The number of nitrogens with zero attached hydrogens (tertiary/aromatic N) is 4. The Morgan fingerprint density at radius 3 is 2.72 bits per heavy atom. The Bertz CT molecular complexity index is 554. The summed E-state index contributed by atoms with van der Waals surface area (Å²) in [7, 11) is 0. The van der Waals surface area contributed by atoms with Crippen LogP contribution in [0.1, 0.15) is 12.8 Å². The summed E-state index contributed by atoms with van der Waals surface area (Å²) in [4.78, 5) is 21.4. The predicted octanol–water partition coefficient (Wildman–Crippen LogP) is 1.48. The second-order valence-corrected chi connectivity index (χ2v) is 4.37. The normalized spacial score (nSPS) is 16.4. The third-order valence-electron chi connectivity index (χ3n) is 3.26. The van der Waals surface area contributed by atoms with Crippen LogP contribution in [0.3, 0.4) is 0 Å². The molecule has 0 aromatic rings. The molecule has 0 aromatic carbocycles. The van der Waals surface area contributed by atoms with E-state index in [0.717, 1.165) is 36.5 Å². The van der Waals surface area contributed by atoms with Gasteiger partial charge in [0.15, 0.2) is 0 Å². The lowest BCUT2D eigenvalue weighted by Crippen LogP contribution is -2.23. The molecule has 92 valence electrons. The van der Waals surface area contributed by atoms with E-state index in [-0.39, 0.29) is 0 Å². The highest BCUT2D eigenvalue weighted by atomic mass is 16.1. The predicted molar refractivity (Wildman–Crippen MR) is 67.8 cm³/mol. The Labute approximate surface area is 105 Å². The Balaban J connectivity index is 2.07. The molecule has 3 aliphatic rings. The zero-order valence-electron chi connectivity index (χ0n) is 9.99. The summed E-state index contributed by atoms with van der Waals surface area (Å²) < 4.78 is 1.93. The van der Waals surface area contributed by atoms with Gasteiger partial charge in [0, 0.05) is 37.1 Å². The SMILES string of the molecule is O=CC=C(N1CCCC1)n1cncc2cncc1-2. The molecule has 0 bridgehead atoms. The summed E-state index contributed by atoms with van der Waals surface area (Å²) in [6, 6.07) is 0. The number of carbonyl (C=O) groups excluding carboxylic acids is 1. The first-order valence-electron chi connectivity index (χ1n) is 6.07. The van der Waals surface area contributed by atoms with Gasteiger partial charge in [0.2, 0.25) is 0 Å². The van der Waals surface area contributed by atoms with Crippen LogP contribution in [0.15, 0.2) is 31.0 Å². The van der Waals surface area contributed by atoms with Gasteiger partial charge in [-0.05, 0) is 12.8 Å². The van der Waals surface area contributed by atoms with Crippen molar-refractivity contribution in [2.24, 2.45) is 0 Å². The molecule has 0 aliphatic carbocycles. The smallest absolute Gasteiger partial charge is 0.146 e. The third-order valence-corrected chi connectivity index (χ3v) is 3.26. The van der Waals surface area contributed by atoms with Crippen molar-refractivity contribution in [1.29, 1.82) is 0 Å². The van der Waals surface area contributed by atoms with Gasteiger partial charge in [-0.25, -0.2) is 4.98 Å². The molecule has 0 saturated carbocycles. The number of aromatic nitrogens is 3. The Morgan fingerprint density at radius 1 is 1.17 bits per heavy atom. The van der Waals surface area contributed by atoms with Crippen molar-refractivity contribution >= 4 is 12.1 Å². The number of fused-ring (bicyclic) bond motifs is 1. The molecule has 1 fully saturated rings. The molecule has 5 nitrogen and oxygen atoms in total. The zero-order valence-corrected chi connectivity index (χ0v) is 9.99. The van der Waals surface area contributed by atoms with Gasteiger partial charge in [-0.1, -0.05) is 0 Å². The van der Waals surface area contributed by atoms with Crippen molar-refractivity contribution in [3.05, 3.63) is 31.0 Å². The number of hydrogen-bond donors (Lipinski definition) is 0. The van der Waals surface area contributed by atoms with Crippen molar-refractivity contribution in [2.45, 2.75) is 12.8 Å².